The van der Waals surface area contributed by atoms with E-state index in [1.807, 2.05) is 0 Å². The van der Waals surface area contributed by atoms with E-state index in [0.29, 0.717) is 6.54 Å². The summed E-state index contributed by atoms with van der Waals surface area (Å²) in [5.74, 6) is 0. The standard InChI is InChI=1S/C11H23N5/c1-3-16-9-4-6-11(16)10-15(2)8-5-7-13-14-12/h11H,3-10H2,1-2H3. The molecule has 5 nitrogen and oxygen atoms in total. The molecule has 1 heterocycles. The van der Waals surface area contributed by atoms with Crippen molar-refractivity contribution in [2.45, 2.75) is 32.2 Å². The van der Waals surface area contributed by atoms with Gasteiger partial charge in [-0.2, -0.15) is 0 Å². The summed E-state index contributed by atoms with van der Waals surface area (Å²) in [7, 11) is 2.16. The van der Waals surface area contributed by atoms with Gasteiger partial charge in [-0.15, -0.1) is 0 Å². The maximum absolute atomic E-state index is 8.17. The smallest absolute Gasteiger partial charge is 0.0270 e. The van der Waals surface area contributed by atoms with E-state index in [-0.39, 0.29) is 0 Å². The molecule has 0 bridgehead atoms. The minimum absolute atomic E-state index is 0.614. The lowest BCUT2D eigenvalue weighted by atomic mass is 10.2. The van der Waals surface area contributed by atoms with Gasteiger partial charge in [0.1, 0.15) is 0 Å². The second-order valence-corrected chi connectivity index (χ2v) is 4.49. The summed E-state index contributed by atoms with van der Waals surface area (Å²) in [6, 6.07) is 0.731. The molecule has 1 fully saturated rings. The van der Waals surface area contributed by atoms with Crippen molar-refractivity contribution in [1.29, 1.82) is 0 Å². The van der Waals surface area contributed by atoms with Gasteiger partial charge in [0.15, 0.2) is 0 Å². The Morgan fingerprint density at radius 1 is 1.56 bits per heavy atom. The molecule has 0 spiro atoms. The van der Waals surface area contributed by atoms with Crippen LogP contribution in [0.25, 0.3) is 10.4 Å². The number of hydrogen-bond acceptors (Lipinski definition) is 3. The Bertz CT molecular complexity index is 237. The zero-order valence-electron chi connectivity index (χ0n) is 10.5. The van der Waals surface area contributed by atoms with E-state index < -0.39 is 0 Å². The van der Waals surface area contributed by atoms with Crippen molar-refractivity contribution < 1.29 is 0 Å². The highest BCUT2D eigenvalue weighted by molar-refractivity contribution is 4.80. The fourth-order valence-corrected chi connectivity index (χ4v) is 2.43. The molecule has 1 aliphatic heterocycles. The third-order valence-electron chi connectivity index (χ3n) is 3.29. The molecule has 1 aliphatic rings. The van der Waals surface area contributed by atoms with Gasteiger partial charge in [-0.25, -0.2) is 0 Å². The number of likely N-dealkylation sites (N-methyl/N-ethyl adjacent to an activating group) is 2. The molecule has 92 valence electrons. The van der Waals surface area contributed by atoms with Gasteiger partial charge in [-0.1, -0.05) is 12.0 Å². The van der Waals surface area contributed by atoms with Crippen molar-refractivity contribution in [1.82, 2.24) is 9.80 Å². The van der Waals surface area contributed by atoms with E-state index >= 15 is 0 Å². The molecule has 1 unspecified atom stereocenters. The van der Waals surface area contributed by atoms with Crippen LogP contribution in [0.15, 0.2) is 5.11 Å². The van der Waals surface area contributed by atoms with E-state index in [9.17, 15) is 0 Å². The lowest BCUT2D eigenvalue weighted by Crippen LogP contribution is -2.39. The molecule has 1 saturated heterocycles. The highest BCUT2D eigenvalue weighted by atomic mass is 15.2. The first-order valence-electron chi connectivity index (χ1n) is 6.21. The zero-order valence-corrected chi connectivity index (χ0v) is 10.5. The van der Waals surface area contributed by atoms with Crippen LogP contribution in [0.4, 0.5) is 0 Å². The summed E-state index contributed by atoms with van der Waals surface area (Å²) in [4.78, 5) is 7.67. The van der Waals surface area contributed by atoms with Crippen LogP contribution in [0.5, 0.6) is 0 Å². The van der Waals surface area contributed by atoms with Gasteiger partial charge in [0, 0.05) is 24.0 Å². The second kappa shape index (κ2) is 7.49. The molecule has 0 aromatic carbocycles. The van der Waals surface area contributed by atoms with Crippen molar-refractivity contribution in [3.05, 3.63) is 10.4 Å². The zero-order chi connectivity index (χ0) is 11.8. The van der Waals surface area contributed by atoms with Crippen molar-refractivity contribution in [3.8, 4) is 0 Å². The van der Waals surface area contributed by atoms with E-state index in [4.69, 9.17) is 5.53 Å². The third-order valence-corrected chi connectivity index (χ3v) is 3.29. The molecule has 1 atom stereocenters. The quantitative estimate of drug-likeness (QED) is 0.288. The summed E-state index contributed by atoms with van der Waals surface area (Å²) in [6.07, 6.45) is 3.62. The number of likely N-dealkylation sites (tertiary alicyclic amines) is 1. The van der Waals surface area contributed by atoms with Gasteiger partial charge in [0.25, 0.3) is 0 Å². The molecule has 16 heavy (non-hydrogen) atoms. The van der Waals surface area contributed by atoms with Crippen LogP contribution in [0.1, 0.15) is 26.2 Å². The van der Waals surface area contributed by atoms with Gasteiger partial charge in [-0.3, -0.25) is 4.90 Å². The predicted octanol–water partition coefficient (Wildman–Crippen LogP) is 2.10. The van der Waals surface area contributed by atoms with E-state index in [2.05, 4.69) is 33.8 Å². The lowest BCUT2D eigenvalue weighted by Gasteiger charge is -2.27. The molecule has 0 radical (unpaired) electrons. The monoisotopic (exact) mass is 225 g/mol. The van der Waals surface area contributed by atoms with Crippen molar-refractivity contribution in [3.63, 3.8) is 0 Å². The third kappa shape index (κ3) is 4.39. The summed E-state index contributed by atoms with van der Waals surface area (Å²) in [6.45, 7) is 7.44. The number of nitrogens with zero attached hydrogens (tertiary/aromatic N) is 5. The summed E-state index contributed by atoms with van der Waals surface area (Å²) >= 11 is 0. The normalized spacial score (nSPS) is 21.3. The van der Waals surface area contributed by atoms with Crippen molar-refractivity contribution in [2.24, 2.45) is 5.11 Å². The first kappa shape index (κ1) is 13.3. The lowest BCUT2D eigenvalue weighted by molar-refractivity contribution is 0.198. The first-order valence-corrected chi connectivity index (χ1v) is 6.21. The van der Waals surface area contributed by atoms with Gasteiger partial charge in [0.2, 0.25) is 0 Å². The van der Waals surface area contributed by atoms with Crippen LogP contribution in [0.2, 0.25) is 0 Å². The van der Waals surface area contributed by atoms with Crippen molar-refractivity contribution >= 4 is 0 Å². The molecule has 0 saturated carbocycles. The first-order chi connectivity index (χ1) is 7.77. The van der Waals surface area contributed by atoms with Crippen LogP contribution in [0, 0.1) is 0 Å². The van der Waals surface area contributed by atoms with Gasteiger partial charge in [0.05, 0.1) is 0 Å². The fourth-order valence-electron chi connectivity index (χ4n) is 2.43. The van der Waals surface area contributed by atoms with Crippen LogP contribution < -0.4 is 0 Å². The molecular formula is C11H23N5. The Kier molecular flexibility index (Phi) is 6.23. The summed E-state index contributed by atoms with van der Waals surface area (Å²) in [5, 5.41) is 3.55. The second-order valence-electron chi connectivity index (χ2n) is 4.49. The molecule has 0 aromatic heterocycles. The molecule has 0 aromatic rings. The van der Waals surface area contributed by atoms with Gasteiger partial charge in [-0.05, 0) is 51.5 Å². The summed E-state index contributed by atoms with van der Waals surface area (Å²) < 4.78 is 0. The minimum Gasteiger partial charge on any atom is -0.305 e. The molecule has 0 N–H and O–H groups in total. The average Bonchev–Trinajstić information content (AvgIpc) is 2.71. The highest BCUT2D eigenvalue weighted by Gasteiger charge is 2.23. The Hall–Kier alpha value is -0.770. The van der Waals surface area contributed by atoms with Crippen LogP contribution in [0.3, 0.4) is 0 Å². The van der Waals surface area contributed by atoms with Gasteiger partial charge < -0.3 is 4.90 Å². The minimum atomic E-state index is 0.614. The molecule has 0 amide bonds. The Morgan fingerprint density at radius 3 is 3.06 bits per heavy atom. The Labute approximate surface area is 98.0 Å². The average molecular weight is 225 g/mol. The highest BCUT2D eigenvalue weighted by Crippen LogP contribution is 2.17. The van der Waals surface area contributed by atoms with Crippen LogP contribution >= 0.6 is 0 Å². The molecule has 5 heteroatoms. The number of rotatable bonds is 7. The van der Waals surface area contributed by atoms with E-state index in [1.54, 1.807) is 0 Å². The van der Waals surface area contributed by atoms with Crippen molar-refractivity contribution in [2.75, 3.05) is 39.8 Å². The van der Waals surface area contributed by atoms with Crippen LogP contribution in [-0.4, -0.2) is 55.6 Å². The maximum Gasteiger partial charge on any atom is 0.0270 e. The Morgan fingerprint density at radius 2 is 2.38 bits per heavy atom. The molecular weight excluding hydrogens is 202 g/mol. The van der Waals surface area contributed by atoms with Crippen LogP contribution in [-0.2, 0) is 0 Å². The maximum atomic E-state index is 8.17. The van der Waals surface area contributed by atoms with E-state index in [0.717, 1.165) is 32.1 Å². The number of hydrogen-bond donors (Lipinski definition) is 0. The Balaban J connectivity index is 2.17. The topological polar surface area (TPSA) is 55.2 Å². The van der Waals surface area contributed by atoms with Gasteiger partial charge >= 0.3 is 0 Å². The number of azide groups is 1. The SMILES string of the molecule is CCN1CCCC1CN(C)CCCN=[N+]=[N-]. The molecule has 0 aliphatic carbocycles. The summed E-state index contributed by atoms with van der Waals surface area (Å²) in [5.41, 5.74) is 8.17. The largest absolute Gasteiger partial charge is 0.305 e. The molecule has 1 rings (SSSR count). The fraction of sp³-hybridized carbons (Fsp3) is 1.00. The predicted molar refractivity (Wildman–Crippen MR) is 66.4 cm³/mol. The van der Waals surface area contributed by atoms with E-state index in [1.165, 1.54) is 19.4 Å².